The highest BCUT2D eigenvalue weighted by atomic mass is 32.1. The molecule has 1 heterocycles. The minimum atomic E-state index is 0.578. The van der Waals surface area contributed by atoms with Gasteiger partial charge in [0.1, 0.15) is 12.1 Å². The van der Waals surface area contributed by atoms with Crippen LogP contribution >= 0.6 is 12.2 Å². The summed E-state index contributed by atoms with van der Waals surface area (Å²) in [4.78, 5) is 8.31. The van der Waals surface area contributed by atoms with Crippen molar-refractivity contribution in [1.29, 1.82) is 0 Å². The lowest BCUT2D eigenvalue weighted by atomic mass is 10.1. The number of hydrogen-bond donors (Lipinski definition) is 3. The van der Waals surface area contributed by atoms with E-state index < -0.39 is 0 Å². The van der Waals surface area contributed by atoms with Gasteiger partial charge in [-0.1, -0.05) is 19.1 Å². The van der Waals surface area contributed by atoms with E-state index >= 15 is 0 Å². The third-order valence-corrected chi connectivity index (χ3v) is 3.47. The molecular formula is C17H21N5S. The van der Waals surface area contributed by atoms with Gasteiger partial charge in [0.15, 0.2) is 5.11 Å². The molecule has 6 heteroatoms. The standard InChI is InChI=1S/C17H21N5S/c1-4-8-18-17(23)22-15-10-14(7-6-13(15)5-2)21-16-9-12(3)19-11-20-16/h4,6-7,9-11H,1,5,8H2,2-3H3,(H2,18,22,23)(H,19,20,21). The van der Waals surface area contributed by atoms with Crippen molar-refractivity contribution >= 4 is 34.5 Å². The lowest BCUT2D eigenvalue weighted by Gasteiger charge is -2.15. The molecule has 0 bridgehead atoms. The monoisotopic (exact) mass is 327 g/mol. The van der Waals surface area contributed by atoms with Gasteiger partial charge in [0.05, 0.1) is 0 Å². The highest BCUT2D eigenvalue weighted by Crippen LogP contribution is 2.24. The number of nitrogens with zero attached hydrogens (tertiary/aromatic N) is 2. The van der Waals surface area contributed by atoms with Crippen LogP contribution in [0, 0.1) is 6.92 Å². The van der Waals surface area contributed by atoms with Crippen LogP contribution in [0.2, 0.25) is 0 Å². The Hall–Kier alpha value is -2.47. The van der Waals surface area contributed by atoms with E-state index in [1.807, 2.05) is 25.1 Å². The van der Waals surface area contributed by atoms with Crippen LogP contribution < -0.4 is 16.0 Å². The van der Waals surface area contributed by atoms with Gasteiger partial charge in [0.2, 0.25) is 0 Å². The van der Waals surface area contributed by atoms with Gasteiger partial charge < -0.3 is 16.0 Å². The molecule has 0 fully saturated rings. The van der Waals surface area contributed by atoms with Gasteiger partial charge in [-0.15, -0.1) is 6.58 Å². The third kappa shape index (κ3) is 5.03. The number of aromatic nitrogens is 2. The topological polar surface area (TPSA) is 61.9 Å². The first-order chi connectivity index (χ1) is 11.1. The van der Waals surface area contributed by atoms with Crippen molar-refractivity contribution in [3.8, 4) is 0 Å². The average Bonchev–Trinajstić information content (AvgIpc) is 2.53. The second-order valence-corrected chi connectivity index (χ2v) is 5.43. The van der Waals surface area contributed by atoms with Crippen LogP contribution in [0.15, 0.2) is 43.2 Å². The Morgan fingerprint density at radius 1 is 1.30 bits per heavy atom. The van der Waals surface area contributed by atoms with Gasteiger partial charge in [0.25, 0.3) is 0 Å². The SMILES string of the molecule is C=CCNC(=S)Nc1cc(Nc2cc(C)ncn2)ccc1CC. The molecule has 2 rings (SSSR count). The number of nitrogens with one attached hydrogen (secondary N) is 3. The van der Waals surface area contributed by atoms with E-state index in [0.29, 0.717) is 11.7 Å². The molecule has 1 aromatic heterocycles. The van der Waals surface area contributed by atoms with Gasteiger partial charge in [-0.3, -0.25) is 0 Å². The number of thiocarbonyl (C=S) groups is 1. The lowest BCUT2D eigenvalue weighted by Crippen LogP contribution is -2.28. The largest absolute Gasteiger partial charge is 0.359 e. The minimum absolute atomic E-state index is 0.578. The van der Waals surface area contributed by atoms with Crippen LogP contribution in [0.5, 0.6) is 0 Å². The van der Waals surface area contributed by atoms with Crippen molar-refractivity contribution < 1.29 is 0 Å². The van der Waals surface area contributed by atoms with Crippen LogP contribution in [-0.4, -0.2) is 21.6 Å². The molecule has 0 saturated heterocycles. The Kier molecular flexibility index (Phi) is 6.05. The number of benzene rings is 1. The van der Waals surface area contributed by atoms with E-state index in [-0.39, 0.29) is 0 Å². The van der Waals surface area contributed by atoms with E-state index in [1.54, 1.807) is 12.4 Å². The highest BCUT2D eigenvalue weighted by molar-refractivity contribution is 7.80. The Morgan fingerprint density at radius 2 is 2.13 bits per heavy atom. The molecule has 3 N–H and O–H groups in total. The van der Waals surface area contributed by atoms with Crippen LogP contribution in [0.4, 0.5) is 17.2 Å². The van der Waals surface area contributed by atoms with Crippen molar-refractivity contribution in [2.45, 2.75) is 20.3 Å². The van der Waals surface area contributed by atoms with Crippen molar-refractivity contribution in [3.63, 3.8) is 0 Å². The summed E-state index contributed by atoms with van der Waals surface area (Å²) in [5.74, 6) is 0.764. The highest BCUT2D eigenvalue weighted by Gasteiger charge is 2.05. The lowest BCUT2D eigenvalue weighted by molar-refractivity contribution is 1.06. The summed E-state index contributed by atoms with van der Waals surface area (Å²) in [5, 5.41) is 10.2. The minimum Gasteiger partial charge on any atom is -0.359 e. The van der Waals surface area contributed by atoms with E-state index in [9.17, 15) is 0 Å². The molecule has 0 saturated carbocycles. The third-order valence-electron chi connectivity index (χ3n) is 3.22. The average molecular weight is 327 g/mol. The molecular weight excluding hydrogens is 306 g/mol. The summed E-state index contributed by atoms with van der Waals surface area (Å²) >= 11 is 5.29. The van der Waals surface area contributed by atoms with Gasteiger partial charge in [-0.05, 0) is 43.3 Å². The summed E-state index contributed by atoms with van der Waals surface area (Å²) in [6.07, 6.45) is 4.23. The summed E-state index contributed by atoms with van der Waals surface area (Å²) < 4.78 is 0. The summed E-state index contributed by atoms with van der Waals surface area (Å²) in [6.45, 7) is 8.35. The Bertz CT molecular complexity index is 699. The summed E-state index contributed by atoms with van der Waals surface area (Å²) in [7, 11) is 0. The van der Waals surface area contributed by atoms with Gasteiger partial charge >= 0.3 is 0 Å². The zero-order valence-corrected chi connectivity index (χ0v) is 14.2. The molecule has 0 aliphatic rings. The van der Waals surface area contributed by atoms with Crippen molar-refractivity contribution in [1.82, 2.24) is 15.3 Å². The molecule has 0 aliphatic carbocycles. The molecule has 0 amide bonds. The second-order valence-electron chi connectivity index (χ2n) is 5.02. The van der Waals surface area contributed by atoms with Crippen molar-refractivity contribution in [2.75, 3.05) is 17.2 Å². The molecule has 1 aromatic carbocycles. The molecule has 0 spiro atoms. The van der Waals surface area contributed by atoms with Crippen LogP contribution in [0.25, 0.3) is 0 Å². The maximum atomic E-state index is 5.29. The quantitative estimate of drug-likeness (QED) is 0.557. The number of anilines is 3. The molecule has 0 aliphatic heterocycles. The molecule has 120 valence electrons. The maximum absolute atomic E-state index is 5.29. The predicted molar refractivity (Wildman–Crippen MR) is 100 cm³/mol. The molecule has 2 aromatic rings. The van der Waals surface area contributed by atoms with Gasteiger partial charge in [-0.25, -0.2) is 9.97 Å². The molecule has 5 nitrogen and oxygen atoms in total. The molecule has 0 atom stereocenters. The van der Waals surface area contributed by atoms with E-state index in [0.717, 1.165) is 29.3 Å². The number of aryl methyl sites for hydroxylation is 2. The van der Waals surface area contributed by atoms with Crippen molar-refractivity contribution in [3.05, 3.63) is 54.5 Å². The molecule has 23 heavy (non-hydrogen) atoms. The van der Waals surface area contributed by atoms with Crippen LogP contribution in [0.3, 0.4) is 0 Å². The first-order valence-corrected chi connectivity index (χ1v) is 7.87. The Balaban J connectivity index is 2.17. The van der Waals surface area contributed by atoms with E-state index in [1.165, 1.54) is 5.56 Å². The molecule has 0 unspecified atom stereocenters. The van der Waals surface area contributed by atoms with E-state index in [2.05, 4.69) is 45.5 Å². The summed E-state index contributed by atoms with van der Waals surface area (Å²) in [6, 6.07) is 8.03. The fraction of sp³-hybridized carbons (Fsp3) is 0.235. The Labute approximate surface area is 142 Å². The number of hydrogen-bond acceptors (Lipinski definition) is 4. The maximum Gasteiger partial charge on any atom is 0.171 e. The first kappa shape index (κ1) is 16.9. The van der Waals surface area contributed by atoms with Crippen LogP contribution in [-0.2, 0) is 6.42 Å². The second kappa shape index (κ2) is 8.24. The van der Waals surface area contributed by atoms with Gasteiger partial charge in [0, 0.05) is 29.7 Å². The van der Waals surface area contributed by atoms with E-state index in [4.69, 9.17) is 12.2 Å². The smallest absolute Gasteiger partial charge is 0.171 e. The normalized spacial score (nSPS) is 10.0. The van der Waals surface area contributed by atoms with Crippen molar-refractivity contribution in [2.24, 2.45) is 0 Å². The predicted octanol–water partition coefficient (Wildman–Crippen LogP) is 3.56. The molecule has 0 radical (unpaired) electrons. The van der Waals surface area contributed by atoms with Gasteiger partial charge in [-0.2, -0.15) is 0 Å². The first-order valence-electron chi connectivity index (χ1n) is 7.46. The zero-order chi connectivity index (χ0) is 16.7. The van der Waals surface area contributed by atoms with Crippen LogP contribution in [0.1, 0.15) is 18.2 Å². The summed E-state index contributed by atoms with van der Waals surface area (Å²) in [5.41, 5.74) is 4.03. The Morgan fingerprint density at radius 3 is 2.83 bits per heavy atom. The fourth-order valence-electron chi connectivity index (χ4n) is 2.08. The number of rotatable bonds is 6. The zero-order valence-electron chi connectivity index (χ0n) is 13.4. The fourth-order valence-corrected chi connectivity index (χ4v) is 2.27.